The molecule has 2 N–H and O–H groups in total. The topological polar surface area (TPSA) is 52.6 Å². The van der Waals surface area contributed by atoms with Crippen LogP contribution in [0.1, 0.15) is 52.9 Å². The number of likely N-dealkylation sites (tertiary alicyclic amines) is 1. The average Bonchev–Trinajstić information content (AvgIpc) is 2.43. The number of nitrogens with zero attached hydrogens (tertiary/aromatic N) is 1. The van der Waals surface area contributed by atoms with Gasteiger partial charge in [-0.3, -0.25) is 4.79 Å². The van der Waals surface area contributed by atoms with Gasteiger partial charge in [0, 0.05) is 6.54 Å². The highest BCUT2D eigenvalue weighted by Crippen LogP contribution is 2.21. The van der Waals surface area contributed by atoms with Gasteiger partial charge in [-0.2, -0.15) is 0 Å². The fourth-order valence-corrected chi connectivity index (χ4v) is 2.67. The number of piperidine rings is 1. The molecule has 1 aliphatic rings. The van der Waals surface area contributed by atoms with Crippen molar-refractivity contribution in [3.05, 3.63) is 0 Å². The first-order chi connectivity index (χ1) is 9.01. The lowest BCUT2D eigenvalue weighted by Gasteiger charge is -2.34. The molecule has 0 aliphatic carbocycles. The zero-order valence-electron chi connectivity index (χ0n) is 12.7. The Morgan fingerprint density at radius 3 is 2.47 bits per heavy atom. The molecular weight excluding hydrogens is 240 g/mol. The van der Waals surface area contributed by atoms with Gasteiger partial charge >= 0.3 is 5.97 Å². The second-order valence-corrected chi connectivity index (χ2v) is 6.01. The van der Waals surface area contributed by atoms with E-state index in [1.165, 1.54) is 19.3 Å². The van der Waals surface area contributed by atoms with E-state index in [9.17, 15) is 9.90 Å². The predicted molar refractivity (Wildman–Crippen MR) is 78.4 cm³/mol. The number of carbonyl (C=O) groups is 1. The fourth-order valence-electron chi connectivity index (χ4n) is 2.67. The number of nitrogens with one attached hydrogen (secondary N) is 1. The molecular formula is C15H30N2O2. The molecule has 0 aromatic heterocycles. The van der Waals surface area contributed by atoms with Crippen LogP contribution in [0.3, 0.4) is 0 Å². The highest BCUT2D eigenvalue weighted by atomic mass is 16.4. The van der Waals surface area contributed by atoms with E-state index in [4.69, 9.17) is 0 Å². The van der Waals surface area contributed by atoms with Crippen molar-refractivity contribution in [2.24, 2.45) is 5.92 Å². The molecule has 4 nitrogen and oxygen atoms in total. The lowest BCUT2D eigenvalue weighted by Crippen LogP contribution is -2.52. The standard InChI is InChI=1S/C15H30N2O2/c1-4-9-16-15(3,14(18)19)8-12-17-10-6-13(5-2)7-11-17/h13,16H,4-12H2,1-3H3,(H,18,19). The van der Waals surface area contributed by atoms with Gasteiger partial charge in [0.15, 0.2) is 0 Å². The van der Waals surface area contributed by atoms with E-state index in [0.29, 0.717) is 6.42 Å². The highest BCUT2D eigenvalue weighted by Gasteiger charge is 2.32. The summed E-state index contributed by atoms with van der Waals surface area (Å²) >= 11 is 0. The predicted octanol–water partition coefficient (Wildman–Crippen LogP) is 2.34. The van der Waals surface area contributed by atoms with E-state index in [-0.39, 0.29) is 0 Å². The Kier molecular flexibility index (Phi) is 6.80. The quantitative estimate of drug-likeness (QED) is 0.711. The van der Waals surface area contributed by atoms with Gasteiger partial charge in [0.05, 0.1) is 0 Å². The molecule has 19 heavy (non-hydrogen) atoms. The van der Waals surface area contributed by atoms with Gasteiger partial charge in [0.25, 0.3) is 0 Å². The smallest absolute Gasteiger partial charge is 0.323 e. The molecule has 0 radical (unpaired) electrons. The lowest BCUT2D eigenvalue weighted by atomic mass is 9.93. The number of hydrogen-bond donors (Lipinski definition) is 2. The Bertz CT molecular complexity index is 275. The van der Waals surface area contributed by atoms with E-state index < -0.39 is 11.5 Å². The summed E-state index contributed by atoms with van der Waals surface area (Å²) in [6.45, 7) is 10.0. The van der Waals surface area contributed by atoms with Crippen molar-refractivity contribution in [3.63, 3.8) is 0 Å². The summed E-state index contributed by atoms with van der Waals surface area (Å²) in [5.41, 5.74) is -0.780. The van der Waals surface area contributed by atoms with E-state index in [1.807, 2.05) is 6.92 Å². The van der Waals surface area contributed by atoms with E-state index in [0.717, 1.165) is 38.5 Å². The maximum absolute atomic E-state index is 11.4. The number of rotatable bonds is 8. The molecule has 0 aromatic rings. The molecule has 1 atom stereocenters. The monoisotopic (exact) mass is 270 g/mol. The van der Waals surface area contributed by atoms with Crippen LogP contribution < -0.4 is 5.32 Å². The summed E-state index contributed by atoms with van der Waals surface area (Å²) in [5.74, 6) is 0.143. The van der Waals surface area contributed by atoms with Crippen molar-refractivity contribution in [2.75, 3.05) is 26.2 Å². The Labute approximate surface area is 117 Å². The second-order valence-electron chi connectivity index (χ2n) is 6.01. The van der Waals surface area contributed by atoms with Gasteiger partial charge in [0.2, 0.25) is 0 Å². The van der Waals surface area contributed by atoms with Crippen LogP contribution in [-0.2, 0) is 4.79 Å². The Hall–Kier alpha value is -0.610. The number of carboxylic acid groups (broad SMARTS) is 1. The molecule has 4 heteroatoms. The summed E-state index contributed by atoms with van der Waals surface area (Å²) in [5, 5.41) is 12.6. The van der Waals surface area contributed by atoms with Crippen molar-refractivity contribution in [1.82, 2.24) is 10.2 Å². The third-order valence-corrected chi connectivity index (χ3v) is 4.45. The summed E-state index contributed by atoms with van der Waals surface area (Å²) in [7, 11) is 0. The zero-order valence-corrected chi connectivity index (χ0v) is 12.7. The lowest BCUT2D eigenvalue weighted by molar-refractivity contribution is -0.144. The van der Waals surface area contributed by atoms with Crippen LogP contribution in [0.5, 0.6) is 0 Å². The van der Waals surface area contributed by atoms with Crippen LogP contribution in [0, 0.1) is 5.92 Å². The number of hydrogen-bond acceptors (Lipinski definition) is 3. The first-order valence-electron chi connectivity index (χ1n) is 7.72. The molecule has 1 heterocycles. The van der Waals surface area contributed by atoms with Gasteiger partial charge in [-0.15, -0.1) is 0 Å². The normalized spacial score (nSPS) is 21.2. The van der Waals surface area contributed by atoms with E-state index in [1.54, 1.807) is 0 Å². The zero-order chi connectivity index (χ0) is 14.3. The van der Waals surface area contributed by atoms with Crippen LogP contribution in [0.4, 0.5) is 0 Å². The van der Waals surface area contributed by atoms with Gasteiger partial charge in [-0.1, -0.05) is 20.3 Å². The minimum Gasteiger partial charge on any atom is -0.480 e. The minimum absolute atomic E-state index is 0.680. The first-order valence-corrected chi connectivity index (χ1v) is 7.72. The highest BCUT2D eigenvalue weighted by molar-refractivity contribution is 5.78. The molecule has 1 fully saturated rings. The second kappa shape index (κ2) is 7.85. The van der Waals surface area contributed by atoms with E-state index in [2.05, 4.69) is 24.1 Å². The summed E-state index contributed by atoms with van der Waals surface area (Å²) < 4.78 is 0. The van der Waals surface area contributed by atoms with Crippen molar-refractivity contribution in [3.8, 4) is 0 Å². The minimum atomic E-state index is -0.780. The van der Waals surface area contributed by atoms with Crippen LogP contribution in [0.25, 0.3) is 0 Å². The third kappa shape index (κ3) is 5.11. The SMILES string of the molecule is CCCNC(C)(CCN1CCC(CC)CC1)C(=O)O. The van der Waals surface area contributed by atoms with Crippen LogP contribution in [-0.4, -0.2) is 47.7 Å². The molecule has 0 spiro atoms. The molecule has 0 bridgehead atoms. The van der Waals surface area contributed by atoms with Crippen molar-refractivity contribution in [1.29, 1.82) is 0 Å². The molecule has 1 saturated heterocycles. The molecule has 112 valence electrons. The first kappa shape index (κ1) is 16.4. The molecule has 0 amide bonds. The van der Waals surface area contributed by atoms with Crippen LogP contribution in [0.15, 0.2) is 0 Å². The fraction of sp³-hybridized carbons (Fsp3) is 0.933. The molecule has 0 saturated carbocycles. The molecule has 0 aromatic carbocycles. The van der Waals surface area contributed by atoms with Gasteiger partial charge in [-0.25, -0.2) is 0 Å². The van der Waals surface area contributed by atoms with Crippen molar-refractivity contribution in [2.45, 2.75) is 58.4 Å². The summed E-state index contributed by atoms with van der Waals surface area (Å²) in [4.78, 5) is 13.8. The Morgan fingerprint density at radius 2 is 2.00 bits per heavy atom. The van der Waals surface area contributed by atoms with Gasteiger partial charge in [-0.05, 0) is 58.2 Å². The molecule has 1 unspecified atom stereocenters. The van der Waals surface area contributed by atoms with Crippen molar-refractivity contribution < 1.29 is 9.90 Å². The molecule has 1 aliphatic heterocycles. The average molecular weight is 270 g/mol. The largest absolute Gasteiger partial charge is 0.480 e. The van der Waals surface area contributed by atoms with Crippen LogP contribution >= 0.6 is 0 Å². The summed E-state index contributed by atoms with van der Waals surface area (Å²) in [6.07, 6.45) is 5.45. The third-order valence-electron chi connectivity index (χ3n) is 4.45. The van der Waals surface area contributed by atoms with Crippen molar-refractivity contribution >= 4 is 5.97 Å². The maximum Gasteiger partial charge on any atom is 0.323 e. The number of carboxylic acids is 1. The molecule has 1 rings (SSSR count). The maximum atomic E-state index is 11.4. The van der Waals surface area contributed by atoms with Gasteiger partial charge < -0.3 is 15.3 Å². The van der Waals surface area contributed by atoms with Crippen LogP contribution in [0.2, 0.25) is 0 Å². The Morgan fingerprint density at radius 1 is 1.37 bits per heavy atom. The summed E-state index contributed by atoms with van der Waals surface area (Å²) in [6, 6.07) is 0. The Balaban J connectivity index is 2.38. The van der Waals surface area contributed by atoms with E-state index >= 15 is 0 Å². The number of aliphatic carboxylic acids is 1. The van der Waals surface area contributed by atoms with Gasteiger partial charge in [0.1, 0.15) is 5.54 Å².